The van der Waals surface area contributed by atoms with Gasteiger partial charge in [0.15, 0.2) is 0 Å². The zero-order valence-corrected chi connectivity index (χ0v) is 12.0. The van der Waals surface area contributed by atoms with Gasteiger partial charge in [0.25, 0.3) is 5.91 Å². The molecule has 1 amide bonds. The molecule has 104 valence electrons. The average Bonchev–Trinajstić information content (AvgIpc) is 2.34. The highest BCUT2D eigenvalue weighted by atomic mass is 16.1. The normalized spacial score (nSPS) is 16.6. The zero-order chi connectivity index (χ0) is 13.9. The zero-order valence-electron chi connectivity index (χ0n) is 12.0. The molecule has 4 heteroatoms. The molecule has 0 saturated heterocycles. The molecular formula is C15H23N3O. The summed E-state index contributed by atoms with van der Waals surface area (Å²) in [7, 11) is 0. The number of amides is 1. The van der Waals surface area contributed by atoms with Crippen molar-refractivity contribution in [3.63, 3.8) is 0 Å². The van der Waals surface area contributed by atoms with Crippen LogP contribution < -0.4 is 10.6 Å². The van der Waals surface area contributed by atoms with E-state index < -0.39 is 0 Å². The fourth-order valence-electron chi connectivity index (χ4n) is 2.56. The predicted molar refractivity (Wildman–Crippen MR) is 77.5 cm³/mol. The third kappa shape index (κ3) is 2.88. The molecule has 19 heavy (non-hydrogen) atoms. The molecule has 1 aliphatic carbocycles. The molecule has 0 spiro atoms. The van der Waals surface area contributed by atoms with Crippen LogP contribution in [0.5, 0.6) is 0 Å². The van der Waals surface area contributed by atoms with Crippen LogP contribution >= 0.6 is 0 Å². The van der Waals surface area contributed by atoms with Gasteiger partial charge in [-0.3, -0.25) is 9.78 Å². The summed E-state index contributed by atoms with van der Waals surface area (Å²) in [5.41, 5.74) is 2.46. The van der Waals surface area contributed by atoms with E-state index in [1.165, 1.54) is 6.42 Å². The van der Waals surface area contributed by atoms with Crippen LogP contribution in [-0.4, -0.2) is 23.0 Å². The van der Waals surface area contributed by atoms with Gasteiger partial charge in [-0.25, -0.2) is 0 Å². The van der Waals surface area contributed by atoms with Gasteiger partial charge in [-0.05, 0) is 45.6 Å². The van der Waals surface area contributed by atoms with Gasteiger partial charge in [-0.15, -0.1) is 0 Å². The van der Waals surface area contributed by atoms with Crippen molar-refractivity contribution in [2.75, 3.05) is 11.9 Å². The molecule has 0 atom stereocenters. The van der Waals surface area contributed by atoms with Crippen molar-refractivity contribution in [1.29, 1.82) is 0 Å². The maximum Gasteiger partial charge on any atom is 0.255 e. The molecule has 4 nitrogen and oxygen atoms in total. The average molecular weight is 261 g/mol. The Morgan fingerprint density at radius 1 is 1.42 bits per heavy atom. The van der Waals surface area contributed by atoms with Gasteiger partial charge in [0.2, 0.25) is 0 Å². The second-order valence-corrected chi connectivity index (χ2v) is 5.34. The highest BCUT2D eigenvalue weighted by Gasteiger charge is 2.36. The lowest BCUT2D eigenvalue weighted by atomic mass is 9.74. The smallest absolute Gasteiger partial charge is 0.255 e. The molecule has 0 bridgehead atoms. The Morgan fingerprint density at radius 3 is 2.68 bits per heavy atom. The van der Waals surface area contributed by atoms with E-state index >= 15 is 0 Å². The van der Waals surface area contributed by atoms with E-state index in [4.69, 9.17) is 0 Å². The Morgan fingerprint density at radius 2 is 2.16 bits per heavy atom. The van der Waals surface area contributed by atoms with E-state index in [1.807, 2.05) is 19.9 Å². The van der Waals surface area contributed by atoms with Crippen LogP contribution in [0.15, 0.2) is 12.3 Å². The second-order valence-electron chi connectivity index (χ2n) is 5.34. The molecule has 1 aromatic heterocycles. The van der Waals surface area contributed by atoms with E-state index in [0.29, 0.717) is 5.56 Å². The quantitative estimate of drug-likeness (QED) is 0.857. The van der Waals surface area contributed by atoms with Gasteiger partial charge in [-0.2, -0.15) is 0 Å². The number of carbonyl (C=O) groups is 1. The molecule has 0 aliphatic heterocycles. The second kappa shape index (κ2) is 5.59. The molecule has 0 radical (unpaired) electrons. The number of hydrogen-bond acceptors (Lipinski definition) is 3. The standard InChI is InChI=1S/C15H23N3O/c1-4-15(7-6-8-15)18-14(19)12-10-17-11(3)9-13(12)16-5-2/h9-10H,4-8H2,1-3H3,(H,16,17)(H,18,19). The number of rotatable bonds is 5. The maximum absolute atomic E-state index is 12.4. The molecule has 0 unspecified atom stereocenters. The first kappa shape index (κ1) is 13.8. The predicted octanol–water partition coefficient (Wildman–Crippen LogP) is 2.88. The number of pyridine rings is 1. The maximum atomic E-state index is 12.4. The molecule has 1 aromatic rings. The Bertz CT molecular complexity index is 461. The van der Waals surface area contributed by atoms with Gasteiger partial charge in [0.05, 0.1) is 11.3 Å². The van der Waals surface area contributed by atoms with Gasteiger partial charge in [0.1, 0.15) is 0 Å². The first-order valence-corrected chi connectivity index (χ1v) is 7.13. The summed E-state index contributed by atoms with van der Waals surface area (Å²) in [5.74, 6) is -0.00926. The van der Waals surface area contributed by atoms with Crippen LogP contribution in [0.3, 0.4) is 0 Å². The number of nitrogens with zero attached hydrogens (tertiary/aromatic N) is 1. The molecular weight excluding hydrogens is 238 g/mol. The first-order chi connectivity index (χ1) is 9.10. The SMILES string of the molecule is CCNc1cc(C)ncc1C(=O)NC1(CC)CCC1. The molecule has 0 aromatic carbocycles. The number of nitrogens with one attached hydrogen (secondary N) is 2. The van der Waals surface area contributed by atoms with Gasteiger partial charge >= 0.3 is 0 Å². The topological polar surface area (TPSA) is 54.0 Å². The number of carbonyl (C=O) groups excluding carboxylic acids is 1. The first-order valence-electron chi connectivity index (χ1n) is 7.13. The summed E-state index contributed by atoms with van der Waals surface area (Å²) >= 11 is 0. The third-order valence-electron chi connectivity index (χ3n) is 4.02. The van der Waals surface area contributed by atoms with Crippen LogP contribution in [0.25, 0.3) is 0 Å². The molecule has 1 heterocycles. The van der Waals surface area contributed by atoms with Gasteiger partial charge < -0.3 is 10.6 Å². The fourth-order valence-corrected chi connectivity index (χ4v) is 2.56. The molecule has 2 rings (SSSR count). The Labute approximate surface area is 115 Å². The lowest BCUT2D eigenvalue weighted by Gasteiger charge is -2.42. The minimum absolute atomic E-state index is 0.00926. The summed E-state index contributed by atoms with van der Waals surface area (Å²) in [6.45, 7) is 6.89. The monoisotopic (exact) mass is 261 g/mol. The van der Waals surface area contributed by atoms with E-state index in [9.17, 15) is 4.79 Å². The van der Waals surface area contributed by atoms with Gasteiger partial charge in [0, 0.05) is 24.0 Å². The molecule has 2 N–H and O–H groups in total. The van der Waals surface area contributed by atoms with Crippen molar-refractivity contribution in [2.24, 2.45) is 0 Å². The van der Waals surface area contributed by atoms with Crippen LogP contribution in [0, 0.1) is 6.92 Å². The molecule has 1 fully saturated rings. The van der Waals surface area contributed by atoms with Gasteiger partial charge in [-0.1, -0.05) is 6.92 Å². The highest BCUT2D eigenvalue weighted by molar-refractivity contribution is 5.99. The van der Waals surface area contributed by atoms with Crippen LogP contribution in [0.4, 0.5) is 5.69 Å². The Hall–Kier alpha value is -1.58. The summed E-state index contributed by atoms with van der Waals surface area (Å²) in [6, 6.07) is 1.93. The van der Waals surface area contributed by atoms with Crippen molar-refractivity contribution in [3.8, 4) is 0 Å². The van der Waals surface area contributed by atoms with Crippen molar-refractivity contribution in [1.82, 2.24) is 10.3 Å². The summed E-state index contributed by atoms with van der Waals surface area (Å²) in [5, 5.41) is 6.43. The number of hydrogen-bond donors (Lipinski definition) is 2. The van der Waals surface area contributed by atoms with Crippen LogP contribution in [-0.2, 0) is 0 Å². The number of aromatic nitrogens is 1. The number of aryl methyl sites for hydroxylation is 1. The summed E-state index contributed by atoms with van der Waals surface area (Å²) in [4.78, 5) is 16.7. The van der Waals surface area contributed by atoms with Crippen LogP contribution in [0.1, 0.15) is 55.6 Å². The van der Waals surface area contributed by atoms with Crippen molar-refractivity contribution in [2.45, 2.75) is 52.0 Å². The molecule has 1 saturated carbocycles. The van der Waals surface area contributed by atoms with E-state index in [2.05, 4.69) is 22.5 Å². The summed E-state index contributed by atoms with van der Waals surface area (Å²) < 4.78 is 0. The lowest BCUT2D eigenvalue weighted by Crippen LogP contribution is -2.53. The van der Waals surface area contributed by atoms with Crippen molar-refractivity contribution >= 4 is 11.6 Å². The van der Waals surface area contributed by atoms with Crippen molar-refractivity contribution < 1.29 is 4.79 Å². The molecule has 1 aliphatic rings. The highest BCUT2D eigenvalue weighted by Crippen LogP contribution is 2.35. The Kier molecular flexibility index (Phi) is 4.08. The Balaban J connectivity index is 2.18. The number of anilines is 1. The fraction of sp³-hybridized carbons (Fsp3) is 0.600. The van der Waals surface area contributed by atoms with Crippen LogP contribution in [0.2, 0.25) is 0 Å². The van der Waals surface area contributed by atoms with Crippen molar-refractivity contribution in [3.05, 3.63) is 23.5 Å². The minimum atomic E-state index is -0.00926. The third-order valence-corrected chi connectivity index (χ3v) is 4.02. The largest absolute Gasteiger partial charge is 0.385 e. The summed E-state index contributed by atoms with van der Waals surface area (Å²) in [6.07, 6.45) is 6.05. The van der Waals surface area contributed by atoms with E-state index in [-0.39, 0.29) is 11.4 Å². The lowest BCUT2D eigenvalue weighted by molar-refractivity contribution is 0.0821. The van der Waals surface area contributed by atoms with E-state index in [0.717, 1.165) is 37.2 Å². The van der Waals surface area contributed by atoms with E-state index in [1.54, 1.807) is 6.20 Å². The minimum Gasteiger partial charge on any atom is -0.385 e.